The van der Waals surface area contributed by atoms with E-state index in [0.717, 1.165) is 34.5 Å². The third-order valence-electron chi connectivity index (χ3n) is 4.30. The summed E-state index contributed by atoms with van der Waals surface area (Å²) >= 11 is 0. The van der Waals surface area contributed by atoms with Gasteiger partial charge in [0.2, 0.25) is 11.8 Å². The number of hydrogen-bond acceptors (Lipinski definition) is 3. The maximum atomic E-state index is 12.4. The number of benzene rings is 2. The predicted octanol–water partition coefficient (Wildman–Crippen LogP) is 3.24. The molecule has 0 aliphatic rings. The summed E-state index contributed by atoms with van der Waals surface area (Å²) in [5.41, 5.74) is 3.85. The van der Waals surface area contributed by atoms with Crippen molar-refractivity contribution >= 4 is 17.5 Å². The number of rotatable bonds is 7. The molecule has 2 aromatic rings. The van der Waals surface area contributed by atoms with Crippen molar-refractivity contribution in [2.24, 2.45) is 0 Å². The lowest BCUT2D eigenvalue weighted by atomic mass is 10.0. The van der Waals surface area contributed by atoms with E-state index in [9.17, 15) is 9.59 Å². The zero-order valence-corrected chi connectivity index (χ0v) is 15.8. The van der Waals surface area contributed by atoms with Crippen LogP contribution in [-0.4, -0.2) is 25.5 Å². The second-order valence-electron chi connectivity index (χ2n) is 6.17. The first kappa shape index (κ1) is 19.5. The van der Waals surface area contributed by atoms with Crippen molar-refractivity contribution in [1.82, 2.24) is 5.32 Å². The SMILES string of the molecule is CCc1cccc(C)c1N(CC(=O)NCc1ccc(OC)cc1)C(C)=O. The first-order valence-electron chi connectivity index (χ1n) is 8.72. The Bertz CT molecular complexity index is 769. The normalized spacial score (nSPS) is 10.3. The topological polar surface area (TPSA) is 58.6 Å². The van der Waals surface area contributed by atoms with E-state index in [1.807, 2.05) is 56.3 Å². The van der Waals surface area contributed by atoms with Gasteiger partial charge in [0.1, 0.15) is 12.3 Å². The molecule has 2 rings (SSSR count). The number of methoxy groups -OCH3 is 1. The summed E-state index contributed by atoms with van der Waals surface area (Å²) < 4.78 is 5.12. The van der Waals surface area contributed by atoms with Crippen LogP contribution in [0, 0.1) is 6.92 Å². The van der Waals surface area contributed by atoms with Crippen molar-refractivity contribution in [2.45, 2.75) is 33.7 Å². The molecule has 0 unspecified atom stereocenters. The van der Waals surface area contributed by atoms with E-state index in [1.165, 1.54) is 6.92 Å². The largest absolute Gasteiger partial charge is 0.497 e. The second-order valence-corrected chi connectivity index (χ2v) is 6.17. The fourth-order valence-electron chi connectivity index (χ4n) is 2.88. The van der Waals surface area contributed by atoms with Gasteiger partial charge >= 0.3 is 0 Å². The molecule has 5 heteroatoms. The molecule has 2 amide bonds. The van der Waals surface area contributed by atoms with E-state index in [1.54, 1.807) is 12.0 Å². The van der Waals surface area contributed by atoms with Crippen LogP contribution in [0.2, 0.25) is 0 Å². The van der Waals surface area contributed by atoms with Crippen LogP contribution in [0.1, 0.15) is 30.5 Å². The van der Waals surface area contributed by atoms with Crippen molar-refractivity contribution in [3.05, 3.63) is 59.2 Å². The highest BCUT2D eigenvalue weighted by atomic mass is 16.5. The molecule has 0 aromatic heterocycles. The van der Waals surface area contributed by atoms with Crippen molar-refractivity contribution in [3.63, 3.8) is 0 Å². The maximum absolute atomic E-state index is 12.4. The smallest absolute Gasteiger partial charge is 0.240 e. The minimum absolute atomic E-state index is 0.00331. The van der Waals surface area contributed by atoms with Gasteiger partial charge in [0, 0.05) is 13.5 Å². The van der Waals surface area contributed by atoms with E-state index >= 15 is 0 Å². The van der Waals surface area contributed by atoms with Crippen LogP contribution in [0.3, 0.4) is 0 Å². The number of para-hydroxylation sites is 1. The molecule has 0 aliphatic carbocycles. The summed E-state index contributed by atoms with van der Waals surface area (Å²) in [7, 11) is 1.61. The van der Waals surface area contributed by atoms with Crippen LogP contribution < -0.4 is 15.0 Å². The molecule has 0 spiro atoms. The number of nitrogens with one attached hydrogen (secondary N) is 1. The maximum Gasteiger partial charge on any atom is 0.240 e. The first-order chi connectivity index (χ1) is 12.5. The Labute approximate surface area is 155 Å². The van der Waals surface area contributed by atoms with Gasteiger partial charge in [-0.15, -0.1) is 0 Å². The summed E-state index contributed by atoms with van der Waals surface area (Å²) in [6.07, 6.45) is 0.800. The highest BCUT2D eigenvalue weighted by Gasteiger charge is 2.19. The van der Waals surface area contributed by atoms with E-state index in [0.29, 0.717) is 6.54 Å². The number of hydrogen-bond donors (Lipinski definition) is 1. The molecule has 2 aromatic carbocycles. The van der Waals surface area contributed by atoms with E-state index in [4.69, 9.17) is 4.74 Å². The molecule has 26 heavy (non-hydrogen) atoms. The summed E-state index contributed by atoms with van der Waals surface area (Å²) in [5, 5.41) is 2.87. The Kier molecular flexibility index (Phi) is 6.78. The average Bonchev–Trinajstić information content (AvgIpc) is 2.64. The number of aryl methyl sites for hydroxylation is 2. The lowest BCUT2D eigenvalue weighted by Gasteiger charge is -2.25. The zero-order chi connectivity index (χ0) is 19.1. The molecule has 5 nitrogen and oxygen atoms in total. The lowest BCUT2D eigenvalue weighted by Crippen LogP contribution is -2.40. The van der Waals surface area contributed by atoms with Gasteiger partial charge < -0.3 is 15.0 Å². The highest BCUT2D eigenvalue weighted by molar-refractivity contribution is 5.98. The zero-order valence-electron chi connectivity index (χ0n) is 15.8. The second kappa shape index (κ2) is 9.04. The predicted molar refractivity (Wildman–Crippen MR) is 103 cm³/mol. The molecule has 0 bridgehead atoms. The summed E-state index contributed by atoms with van der Waals surface area (Å²) in [4.78, 5) is 26.1. The van der Waals surface area contributed by atoms with Crippen LogP contribution in [0.4, 0.5) is 5.69 Å². The van der Waals surface area contributed by atoms with Crippen LogP contribution in [0.15, 0.2) is 42.5 Å². The molecular weight excluding hydrogens is 328 g/mol. The Hall–Kier alpha value is -2.82. The average molecular weight is 354 g/mol. The molecule has 0 atom stereocenters. The summed E-state index contributed by atoms with van der Waals surface area (Å²) in [6, 6.07) is 13.4. The van der Waals surface area contributed by atoms with Gasteiger partial charge in [-0.05, 0) is 42.2 Å². The lowest BCUT2D eigenvalue weighted by molar-refractivity contribution is -0.123. The van der Waals surface area contributed by atoms with Crippen LogP contribution in [0.5, 0.6) is 5.75 Å². The Balaban J connectivity index is 2.08. The Morgan fingerprint density at radius 1 is 1.12 bits per heavy atom. The van der Waals surface area contributed by atoms with Crippen LogP contribution in [-0.2, 0) is 22.6 Å². The molecule has 1 N–H and O–H groups in total. The summed E-state index contributed by atoms with van der Waals surface area (Å²) in [6.45, 7) is 5.90. The molecule has 0 aliphatic heterocycles. The number of nitrogens with zero attached hydrogens (tertiary/aromatic N) is 1. The number of anilines is 1. The van der Waals surface area contributed by atoms with Gasteiger partial charge in [-0.2, -0.15) is 0 Å². The third kappa shape index (κ3) is 4.85. The Morgan fingerprint density at radius 2 is 1.81 bits per heavy atom. The fourth-order valence-corrected chi connectivity index (χ4v) is 2.88. The number of ether oxygens (including phenoxy) is 1. The molecule has 0 fully saturated rings. The van der Waals surface area contributed by atoms with Crippen molar-refractivity contribution in [1.29, 1.82) is 0 Å². The summed E-state index contributed by atoms with van der Waals surface area (Å²) in [5.74, 6) is 0.435. The fraction of sp³-hybridized carbons (Fsp3) is 0.333. The van der Waals surface area contributed by atoms with E-state index in [-0.39, 0.29) is 18.4 Å². The number of carbonyl (C=O) groups is 2. The van der Waals surface area contributed by atoms with Gasteiger partial charge in [-0.25, -0.2) is 0 Å². The van der Waals surface area contributed by atoms with Crippen molar-refractivity contribution < 1.29 is 14.3 Å². The molecule has 0 radical (unpaired) electrons. The Morgan fingerprint density at radius 3 is 2.38 bits per heavy atom. The number of carbonyl (C=O) groups excluding carboxylic acids is 2. The molecule has 0 heterocycles. The standard InChI is InChI=1S/C21H26N2O3/c1-5-18-8-6-7-15(2)21(18)23(16(3)24)14-20(25)22-13-17-9-11-19(26-4)12-10-17/h6-12H,5,13-14H2,1-4H3,(H,22,25). The highest BCUT2D eigenvalue weighted by Crippen LogP contribution is 2.26. The van der Waals surface area contributed by atoms with E-state index < -0.39 is 0 Å². The number of amides is 2. The van der Waals surface area contributed by atoms with Crippen molar-refractivity contribution in [3.8, 4) is 5.75 Å². The molecule has 0 saturated heterocycles. The van der Waals surface area contributed by atoms with Gasteiger partial charge in [-0.3, -0.25) is 9.59 Å². The van der Waals surface area contributed by atoms with Gasteiger partial charge in [-0.1, -0.05) is 37.3 Å². The quantitative estimate of drug-likeness (QED) is 0.830. The van der Waals surface area contributed by atoms with Crippen LogP contribution in [0.25, 0.3) is 0 Å². The first-order valence-corrected chi connectivity index (χ1v) is 8.72. The van der Waals surface area contributed by atoms with Gasteiger partial charge in [0.15, 0.2) is 0 Å². The van der Waals surface area contributed by atoms with Gasteiger partial charge in [0.05, 0.1) is 12.8 Å². The molecular formula is C21H26N2O3. The minimum atomic E-state index is -0.193. The molecule has 138 valence electrons. The third-order valence-corrected chi connectivity index (χ3v) is 4.30. The van der Waals surface area contributed by atoms with Crippen molar-refractivity contribution in [2.75, 3.05) is 18.6 Å². The monoisotopic (exact) mass is 354 g/mol. The molecule has 0 saturated carbocycles. The van der Waals surface area contributed by atoms with Crippen LogP contribution >= 0.6 is 0 Å². The van der Waals surface area contributed by atoms with Gasteiger partial charge in [0.25, 0.3) is 0 Å². The van der Waals surface area contributed by atoms with E-state index in [2.05, 4.69) is 5.32 Å². The minimum Gasteiger partial charge on any atom is -0.497 e.